The number of nitrogens with one attached hydrogen (secondary N) is 1. The van der Waals surface area contributed by atoms with Gasteiger partial charge in [-0.25, -0.2) is 0 Å². The maximum Gasteiger partial charge on any atom is 0.310 e. The molecule has 176 valence electrons. The summed E-state index contributed by atoms with van der Waals surface area (Å²) in [5.74, 6) is -1.32. The van der Waals surface area contributed by atoms with Crippen molar-refractivity contribution in [1.29, 1.82) is 0 Å². The molecular formula is C22H42N2O6. The third kappa shape index (κ3) is 7.80. The predicted octanol–water partition coefficient (Wildman–Crippen LogP) is 2.06. The number of carbonyl (C=O) groups excluding carboxylic acids is 2. The number of esters is 2. The molecule has 0 amide bonds. The lowest BCUT2D eigenvalue weighted by Gasteiger charge is -2.45. The normalized spacial score (nSPS) is 28.3. The van der Waals surface area contributed by atoms with Crippen LogP contribution in [0.15, 0.2) is 0 Å². The molecule has 8 heteroatoms. The molecule has 1 saturated carbocycles. The number of nitrogens with two attached hydrogens (primary N) is 1. The zero-order valence-corrected chi connectivity index (χ0v) is 19.3. The Morgan fingerprint density at radius 3 is 2.17 bits per heavy atom. The highest BCUT2D eigenvalue weighted by atomic mass is 16.5. The molecule has 30 heavy (non-hydrogen) atoms. The van der Waals surface area contributed by atoms with Crippen LogP contribution in [-0.2, 0) is 19.1 Å². The van der Waals surface area contributed by atoms with Crippen LogP contribution in [0.25, 0.3) is 0 Å². The maximum atomic E-state index is 12.5. The molecule has 4 atom stereocenters. The van der Waals surface area contributed by atoms with E-state index in [4.69, 9.17) is 15.2 Å². The molecule has 1 rings (SSSR count). The van der Waals surface area contributed by atoms with Crippen molar-refractivity contribution in [3.63, 3.8) is 0 Å². The molecule has 0 aromatic carbocycles. The lowest BCUT2D eigenvalue weighted by atomic mass is 9.71. The Hall–Kier alpha value is -1.22. The van der Waals surface area contributed by atoms with Gasteiger partial charge in [0.05, 0.1) is 24.5 Å². The molecule has 8 nitrogen and oxygen atoms in total. The van der Waals surface area contributed by atoms with E-state index in [0.717, 1.165) is 6.42 Å². The predicted molar refractivity (Wildman–Crippen MR) is 114 cm³/mol. The van der Waals surface area contributed by atoms with Gasteiger partial charge in [0.15, 0.2) is 0 Å². The van der Waals surface area contributed by atoms with Crippen molar-refractivity contribution < 1.29 is 29.3 Å². The quantitative estimate of drug-likeness (QED) is 0.273. The lowest BCUT2D eigenvalue weighted by Crippen LogP contribution is -2.60. The summed E-state index contributed by atoms with van der Waals surface area (Å²) in [6.45, 7) is 9.55. The lowest BCUT2D eigenvalue weighted by molar-refractivity contribution is -0.155. The van der Waals surface area contributed by atoms with Gasteiger partial charge >= 0.3 is 11.9 Å². The van der Waals surface area contributed by atoms with Crippen LogP contribution >= 0.6 is 0 Å². The van der Waals surface area contributed by atoms with Gasteiger partial charge in [0, 0.05) is 5.54 Å². The van der Waals surface area contributed by atoms with Gasteiger partial charge < -0.3 is 25.4 Å². The average molecular weight is 431 g/mol. The first-order valence-corrected chi connectivity index (χ1v) is 11.3. The zero-order chi connectivity index (χ0) is 22.9. The SMILES string of the molecule is CCOC(=O)[C@@H](C)C1(NCOC(=O)[C@@H](C)[C@@H](C)CCC(O)CC)CCC(N)(O)CC1. The highest BCUT2D eigenvalue weighted by molar-refractivity contribution is 5.74. The molecule has 0 spiro atoms. The summed E-state index contributed by atoms with van der Waals surface area (Å²) >= 11 is 0. The summed E-state index contributed by atoms with van der Waals surface area (Å²) < 4.78 is 10.7. The van der Waals surface area contributed by atoms with Crippen molar-refractivity contribution in [3.8, 4) is 0 Å². The van der Waals surface area contributed by atoms with Crippen molar-refractivity contribution in [2.24, 2.45) is 23.5 Å². The second-order valence-corrected chi connectivity index (χ2v) is 8.92. The monoisotopic (exact) mass is 430 g/mol. The first-order valence-electron chi connectivity index (χ1n) is 11.3. The van der Waals surface area contributed by atoms with E-state index in [-0.39, 0.29) is 43.2 Å². The van der Waals surface area contributed by atoms with E-state index in [1.807, 2.05) is 20.8 Å². The number of hydrogen-bond donors (Lipinski definition) is 4. The van der Waals surface area contributed by atoms with E-state index in [9.17, 15) is 19.8 Å². The fraction of sp³-hybridized carbons (Fsp3) is 0.909. The zero-order valence-electron chi connectivity index (χ0n) is 19.3. The second kappa shape index (κ2) is 12.0. The Morgan fingerprint density at radius 1 is 1.03 bits per heavy atom. The molecule has 1 fully saturated rings. The molecule has 0 aliphatic heterocycles. The summed E-state index contributed by atoms with van der Waals surface area (Å²) in [5, 5.41) is 23.1. The summed E-state index contributed by atoms with van der Waals surface area (Å²) in [4.78, 5) is 24.8. The molecular weight excluding hydrogens is 388 g/mol. The fourth-order valence-corrected chi connectivity index (χ4v) is 3.91. The largest absolute Gasteiger partial charge is 0.466 e. The first-order chi connectivity index (χ1) is 14.0. The van der Waals surface area contributed by atoms with Crippen molar-refractivity contribution in [1.82, 2.24) is 5.32 Å². The fourth-order valence-electron chi connectivity index (χ4n) is 3.91. The van der Waals surface area contributed by atoms with Gasteiger partial charge in [-0.2, -0.15) is 0 Å². The minimum Gasteiger partial charge on any atom is -0.466 e. The summed E-state index contributed by atoms with van der Waals surface area (Å²) in [6.07, 6.45) is 3.39. The van der Waals surface area contributed by atoms with Crippen LogP contribution in [0, 0.1) is 17.8 Å². The standard InChI is InChI=1S/C22H42N2O6/c1-6-18(25)9-8-15(3)16(4)19(26)30-14-24-21(17(5)20(27)29-7-2)10-12-22(23,28)13-11-21/h15-18,24-25,28H,6-14,23H2,1-5H3/t15-,16-,17+,18?,21?,22?/m0/s1. The maximum absolute atomic E-state index is 12.5. The number of aliphatic hydroxyl groups excluding tert-OH is 1. The Kier molecular flexibility index (Phi) is 10.7. The summed E-state index contributed by atoms with van der Waals surface area (Å²) in [6, 6.07) is 0. The molecule has 0 heterocycles. The van der Waals surface area contributed by atoms with Crippen LogP contribution in [0.5, 0.6) is 0 Å². The Labute approximate surface area is 180 Å². The van der Waals surface area contributed by atoms with Crippen molar-refractivity contribution in [2.45, 2.75) is 96.9 Å². The van der Waals surface area contributed by atoms with E-state index >= 15 is 0 Å². The highest BCUT2D eigenvalue weighted by Gasteiger charge is 2.46. The van der Waals surface area contributed by atoms with Gasteiger partial charge in [0.1, 0.15) is 12.5 Å². The van der Waals surface area contributed by atoms with Gasteiger partial charge in [-0.15, -0.1) is 0 Å². The van der Waals surface area contributed by atoms with Gasteiger partial charge in [-0.05, 0) is 57.8 Å². The number of hydrogen-bond acceptors (Lipinski definition) is 8. The van der Waals surface area contributed by atoms with Crippen LogP contribution in [0.4, 0.5) is 0 Å². The first kappa shape index (κ1) is 26.8. The number of rotatable bonds is 12. The third-order valence-electron chi connectivity index (χ3n) is 6.77. The highest BCUT2D eigenvalue weighted by Crippen LogP contribution is 2.38. The number of ether oxygens (including phenoxy) is 2. The Bertz CT molecular complexity index is 544. The molecule has 0 aromatic heterocycles. The molecule has 1 aliphatic rings. The van der Waals surface area contributed by atoms with Crippen LogP contribution < -0.4 is 11.1 Å². The van der Waals surface area contributed by atoms with Gasteiger partial charge in [0.2, 0.25) is 0 Å². The van der Waals surface area contributed by atoms with Gasteiger partial charge in [-0.3, -0.25) is 14.9 Å². The minimum absolute atomic E-state index is 0.0276. The van der Waals surface area contributed by atoms with Crippen molar-refractivity contribution >= 4 is 11.9 Å². The van der Waals surface area contributed by atoms with Crippen LogP contribution in [0.1, 0.15) is 79.6 Å². The van der Waals surface area contributed by atoms with Crippen molar-refractivity contribution in [2.75, 3.05) is 13.3 Å². The van der Waals surface area contributed by atoms with Crippen LogP contribution in [0.2, 0.25) is 0 Å². The number of aliphatic hydroxyl groups is 2. The summed E-state index contributed by atoms with van der Waals surface area (Å²) in [7, 11) is 0. The molecule has 0 saturated heterocycles. The van der Waals surface area contributed by atoms with E-state index < -0.39 is 17.2 Å². The average Bonchev–Trinajstić information content (AvgIpc) is 2.72. The van der Waals surface area contributed by atoms with E-state index in [2.05, 4.69) is 5.32 Å². The second-order valence-electron chi connectivity index (χ2n) is 8.92. The van der Waals surface area contributed by atoms with Gasteiger partial charge in [-0.1, -0.05) is 27.7 Å². The molecule has 5 N–H and O–H groups in total. The van der Waals surface area contributed by atoms with E-state index in [1.165, 1.54) is 0 Å². The number of carbonyl (C=O) groups is 2. The Morgan fingerprint density at radius 2 is 1.63 bits per heavy atom. The summed E-state index contributed by atoms with van der Waals surface area (Å²) in [5.41, 5.74) is 3.95. The third-order valence-corrected chi connectivity index (χ3v) is 6.77. The van der Waals surface area contributed by atoms with Crippen LogP contribution in [-0.4, -0.2) is 52.9 Å². The molecule has 0 radical (unpaired) electrons. The minimum atomic E-state index is -1.25. The van der Waals surface area contributed by atoms with E-state index in [0.29, 0.717) is 38.5 Å². The topological polar surface area (TPSA) is 131 Å². The molecule has 0 aromatic rings. The Balaban J connectivity index is 2.66. The molecule has 1 unspecified atom stereocenters. The molecule has 0 bridgehead atoms. The smallest absolute Gasteiger partial charge is 0.310 e. The van der Waals surface area contributed by atoms with Crippen molar-refractivity contribution in [3.05, 3.63) is 0 Å². The van der Waals surface area contributed by atoms with Crippen LogP contribution in [0.3, 0.4) is 0 Å². The van der Waals surface area contributed by atoms with E-state index in [1.54, 1.807) is 13.8 Å². The van der Waals surface area contributed by atoms with Gasteiger partial charge in [0.25, 0.3) is 0 Å². The molecule has 1 aliphatic carbocycles.